The number of hydrogen-bond acceptors (Lipinski definition) is 3. The maximum atomic E-state index is 6.24. The van der Waals surface area contributed by atoms with Crippen molar-refractivity contribution in [3.8, 4) is 0 Å². The summed E-state index contributed by atoms with van der Waals surface area (Å²) in [5.74, 6) is 0. The summed E-state index contributed by atoms with van der Waals surface area (Å²) >= 11 is 0. The Hall–Kier alpha value is -1.06. The van der Waals surface area contributed by atoms with Gasteiger partial charge < -0.3 is 11.5 Å². The zero-order chi connectivity index (χ0) is 12.4. The average molecular weight is 233 g/mol. The van der Waals surface area contributed by atoms with Gasteiger partial charge in [-0.3, -0.25) is 4.90 Å². The quantitative estimate of drug-likeness (QED) is 0.786. The van der Waals surface area contributed by atoms with Crippen LogP contribution in [0.3, 0.4) is 0 Å². The van der Waals surface area contributed by atoms with E-state index >= 15 is 0 Å². The van der Waals surface area contributed by atoms with Crippen molar-refractivity contribution in [2.75, 3.05) is 18.8 Å². The number of likely N-dealkylation sites (tertiary alicyclic amines) is 1. The Bertz CT molecular complexity index is 387. The highest BCUT2D eigenvalue weighted by Gasteiger charge is 2.32. The molecule has 94 valence electrons. The summed E-state index contributed by atoms with van der Waals surface area (Å²) in [6.07, 6.45) is 2.25. The van der Waals surface area contributed by atoms with Crippen molar-refractivity contribution >= 4 is 5.69 Å². The number of nitrogens with two attached hydrogens (primary N) is 2. The molecule has 1 aliphatic rings. The number of anilines is 1. The first-order valence-corrected chi connectivity index (χ1v) is 6.49. The predicted molar refractivity (Wildman–Crippen MR) is 72.8 cm³/mol. The van der Waals surface area contributed by atoms with E-state index in [1.165, 1.54) is 12.0 Å². The molecule has 4 N–H and O–H groups in total. The first-order valence-electron chi connectivity index (χ1n) is 6.49. The highest BCUT2D eigenvalue weighted by Crippen LogP contribution is 2.32. The summed E-state index contributed by atoms with van der Waals surface area (Å²) < 4.78 is 0. The van der Waals surface area contributed by atoms with Crippen molar-refractivity contribution in [1.82, 2.24) is 4.90 Å². The molecule has 1 aromatic carbocycles. The molecular formula is C14H23N3. The SMILES string of the molecule is CCCN1CCC(N)C1c1ccc(C)c(N)c1. The third kappa shape index (κ3) is 2.45. The predicted octanol–water partition coefficient (Wildman–Crippen LogP) is 2.06. The smallest absolute Gasteiger partial charge is 0.0500 e. The largest absolute Gasteiger partial charge is 0.399 e. The highest BCUT2D eigenvalue weighted by atomic mass is 15.2. The summed E-state index contributed by atoms with van der Waals surface area (Å²) in [5.41, 5.74) is 15.5. The van der Waals surface area contributed by atoms with E-state index in [-0.39, 0.29) is 6.04 Å². The minimum absolute atomic E-state index is 0.239. The first kappa shape index (κ1) is 12.4. The van der Waals surface area contributed by atoms with Crippen LogP contribution in [0.2, 0.25) is 0 Å². The molecule has 3 heteroatoms. The van der Waals surface area contributed by atoms with Crippen LogP contribution in [0.4, 0.5) is 5.69 Å². The molecule has 1 aromatic rings. The first-order chi connectivity index (χ1) is 8.13. The maximum absolute atomic E-state index is 6.24. The zero-order valence-electron chi connectivity index (χ0n) is 10.8. The van der Waals surface area contributed by atoms with Crippen LogP contribution in [0.15, 0.2) is 18.2 Å². The van der Waals surface area contributed by atoms with E-state index < -0.39 is 0 Å². The molecule has 0 amide bonds. The van der Waals surface area contributed by atoms with Gasteiger partial charge in [0.2, 0.25) is 0 Å². The Labute approximate surface area is 104 Å². The number of aryl methyl sites for hydroxylation is 1. The Kier molecular flexibility index (Phi) is 3.69. The fraction of sp³-hybridized carbons (Fsp3) is 0.571. The molecule has 0 aliphatic carbocycles. The second-order valence-corrected chi connectivity index (χ2v) is 5.05. The van der Waals surface area contributed by atoms with Gasteiger partial charge in [-0.25, -0.2) is 0 Å². The molecule has 1 aliphatic heterocycles. The van der Waals surface area contributed by atoms with E-state index in [9.17, 15) is 0 Å². The molecule has 2 unspecified atom stereocenters. The van der Waals surface area contributed by atoms with Gasteiger partial charge in [-0.2, -0.15) is 0 Å². The monoisotopic (exact) mass is 233 g/mol. The van der Waals surface area contributed by atoms with E-state index in [0.29, 0.717) is 6.04 Å². The molecule has 0 radical (unpaired) electrons. The molecule has 1 heterocycles. The fourth-order valence-corrected chi connectivity index (χ4v) is 2.72. The van der Waals surface area contributed by atoms with E-state index in [1.807, 2.05) is 6.92 Å². The van der Waals surface area contributed by atoms with Gasteiger partial charge in [0.05, 0.1) is 0 Å². The van der Waals surface area contributed by atoms with Crippen LogP contribution in [-0.4, -0.2) is 24.0 Å². The molecule has 1 fully saturated rings. The van der Waals surface area contributed by atoms with E-state index in [0.717, 1.165) is 30.8 Å². The Morgan fingerprint density at radius 3 is 2.82 bits per heavy atom. The maximum Gasteiger partial charge on any atom is 0.0500 e. The minimum Gasteiger partial charge on any atom is -0.399 e. The lowest BCUT2D eigenvalue weighted by Gasteiger charge is -2.27. The van der Waals surface area contributed by atoms with Crippen molar-refractivity contribution in [3.05, 3.63) is 29.3 Å². The van der Waals surface area contributed by atoms with Crippen LogP contribution in [0.25, 0.3) is 0 Å². The van der Waals surface area contributed by atoms with E-state index in [4.69, 9.17) is 11.5 Å². The summed E-state index contributed by atoms with van der Waals surface area (Å²) in [4.78, 5) is 2.48. The van der Waals surface area contributed by atoms with Crippen LogP contribution < -0.4 is 11.5 Å². The lowest BCUT2D eigenvalue weighted by molar-refractivity contribution is 0.248. The van der Waals surface area contributed by atoms with Crippen LogP contribution in [0, 0.1) is 6.92 Å². The summed E-state index contributed by atoms with van der Waals surface area (Å²) in [7, 11) is 0. The van der Waals surface area contributed by atoms with Crippen molar-refractivity contribution in [2.24, 2.45) is 5.73 Å². The molecular weight excluding hydrogens is 210 g/mol. The summed E-state index contributed by atoms with van der Waals surface area (Å²) in [5, 5.41) is 0. The fourth-order valence-electron chi connectivity index (χ4n) is 2.72. The number of benzene rings is 1. The van der Waals surface area contributed by atoms with Crippen LogP contribution in [0.1, 0.15) is 36.9 Å². The van der Waals surface area contributed by atoms with Gasteiger partial charge in [0.15, 0.2) is 0 Å². The summed E-state index contributed by atoms with van der Waals surface area (Å²) in [6.45, 7) is 6.47. The molecule has 0 bridgehead atoms. The second kappa shape index (κ2) is 5.07. The molecule has 0 spiro atoms. The number of rotatable bonds is 3. The lowest BCUT2D eigenvalue weighted by Crippen LogP contribution is -2.32. The Balaban J connectivity index is 2.26. The van der Waals surface area contributed by atoms with Crippen molar-refractivity contribution in [1.29, 1.82) is 0 Å². The Morgan fingerprint density at radius 2 is 2.18 bits per heavy atom. The van der Waals surface area contributed by atoms with Gasteiger partial charge >= 0.3 is 0 Å². The minimum atomic E-state index is 0.239. The average Bonchev–Trinajstić information content (AvgIpc) is 2.65. The van der Waals surface area contributed by atoms with Gasteiger partial charge in [-0.1, -0.05) is 19.1 Å². The van der Waals surface area contributed by atoms with Gasteiger partial charge in [0.25, 0.3) is 0 Å². The van der Waals surface area contributed by atoms with Crippen molar-refractivity contribution in [2.45, 2.75) is 38.8 Å². The van der Waals surface area contributed by atoms with Gasteiger partial charge in [0, 0.05) is 24.3 Å². The third-order valence-corrected chi connectivity index (χ3v) is 3.70. The second-order valence-electron chi connectivity index (χ2n) is 5.05. The van der Waals surface area contributed by atoms with Crippen LogP contribution >= 0.6 is 0 Å². The van der Waals surface area contributed by atoms with Crippen LogP contribution in [0.5, 0.6) is 0 Å². The van der Waals surface area contributed by atoms with E-state index in [1.54, 1.807) is 0 Å². The van der Waals surface area contributed by atoms with Gasteiger partial charge in [-0.15, -0.1) is 0 Å². The molecule has 3 nitrogen and oxygen atoms in total. The van der Waals surface area contributed by atoms with Gasteiger partial charge in [-0.05, 0) is 43.5 Å². The van der Waals surface area contributed by atoms with Crippen molar-refractivity contribution < 1.29 is 0 Å². The highest BCUT2D eigenvalue weighted by molar-refractivity contribution is 5.49. The Morgan fingerprint density at radius 1 is 1.41 bits per heavy atom. The zero-order valence-corrected chi connectivity index (χ0v) is 10.8. The number of nitrogen functional groups attached to an aromatic ring is 1. The van der Waals surface area contributed by atoms with E-state index in [2.05, 4.69) is 30.0 Å². The molecule has 0 saturated carbocycles. The molecule has 0 aromatic heterocycles. The third-order valence-electron chi connectivity index (χ3n) is 3.70. The standard InChI is InChI=1S/C14H23N3/c1-3-7-17-8-6-12(15)14(17)11-5-4-10(2)13(16)9-11/h4-5,9,12,14H,3,6-8,15-16H2,1-2H3. The topological polar surface area (TPSA) is 55.3 Å². The lowest BCUT2D eigenvalue weighted by atomic mass is 9.98. The molecule has 17 heavy (non-hydrogen) atoms. The molecule has 2 atom stereocenters. The molecule has 1 saturated heterocycles. The van der Waals surface area contributed by atoms with Gasteiger partial charge in [0.1, 0.15) is 0 Å². The number of nitrogens with zero attached hydrogens (tertiary/aromatic N) is 1. The number of hydrogen-bond donors (Lipinski definition) is 2. The molecule has 2 rings (SSSR count). The summed E-state index contributed by atoms with van der Waals surface area (Å²) in [6, 6.07) is 6.94. The van der Waals surface area contributed by atoms with Crippen LogP contribution in [-0.2, 0) is 0 Å². The normalized spacial score (nSPS) is 25.4. The van der Waals surface area contributed by atoms with Crippen molar-refractivity contribution in [3.63, 3.8) is 0 Å².